The van der Waals surface area contributed by atoms with E-state index in [-0.39, 0.29) is 17.9 Å². The second kappa shape index (κ2) is 9.96. The summed E-state index contributed by atoms with van der Waals surface area (Å²) in [4.78, 5) is 26.8. The zero-order valence-corrected chi connectivity index (χ0v) is 17.7. The van der Waals surface area contributed by atoms with Gasteiger partial charge >= 0.3 is 0 Å². The molecule has 0 spiro atoms. The largest absolute Gasteiger partial charge is 0.493 e. The lowest BCUT2D eigenvalue weighted by atomic mass is 10.0. The molecular formula is C24H28N2O4. The van der Waals surface area contributed by atoms with Gasteiger partial charge in [0.2, 0.25) is 5.91 Å². The Balaban J connectivity index is 1.51. The Morgan fingerprint density at radius 3 is 2.30 bits per heavy atom. The van der Waals surface area contributed by atoms with Gasteiger partial charge in [-0.05, 0) is 49.6 Å². The van der Waals surface area contributed by atoms with Crippen molar-refractivity contribution in [3.05, 3.63) is 65.2 Å². The second-order valence-electron chi connectivity index (χ2n) is 7.39. The van der Waals surface area contributed by atoms with Crippen LogP contribution >= 0.6 is 0 Å². The summed E-state index contributed by atoms with van der Waals surface area (Å²) in [6.45, 7) is 3.22. The highest BCUT2D eigenvalue weighted by molar-refractivity contribution is 5.95. The Bertz CT molecular complexity index is 913. The van der Waals surface area contributed by atoms with E-state index in [1.54, 1.807) is 38.5 Å². The van der Waals surface area contributed by atoms with E-state index in [0.717, 1.165) is 18.4 Å². The Hall–Kier alpha value is -3.28. The number of nitrogens with one attached hydrogen (secondary N) is 1. The first-order valence-corrected chi connectivity index (χ1v) is 10.1. The second-order valence-corrected chi connectivity index (χ2v) is 7.39. The number of piperidine rings is 1. The molecule has 2 amide bonds. The lowest BCUT2D eigenvalue weighted by molar-refractivity contribution is -0.117. The highest BCUT2D eigenvalue weighted by atomic mass is 16.5. The van der Waals surface area contributed by atoms with Gasteiger partial charge in [-0.15, -0.1) is 0 Å². The minimum Gasteiger partial charge on any atom is -0.493 e. The minimum absolute atomic E-state index is 0.0417. The molecule has 1 aliphatic heterocycles. The van der Waals surface area contributed by atoms with E-state index in [2.05, 4.69) is 5.32 Å². The standard InChI is InChI=1S/C24H28N2O4/c1-17-4-6-18(7-5-17)8-11-23(27)25-20-12-14-26(15-13-20)24(28)19-9-10-21(29-2)22(16-19)30-3/h4-11,16,20H,12-15H2,1-3H3,(H,25,27)/b11-8+. The molecule has 1 N–H and O–H groups in total. The number of benzene rings is 2. The van der Waals surface area contributed by atoms with Gasteiger partial charge < -0.3 is 19.7 Å². The van der Waals surface area contributed by atoms with Crippen molar-refractivity contribution in [3.8, 4) is 11.5 Å². The number of carbonyl (C=O) groups excluding carboxylic acids is 2. The molecule has 1 saturated heterocycles. The highest BCUT2D eigenvalue weighted by Crippen LogP contribution is 2.28. The molecule has 0 aliphatic carbocycles. The molecule has 0 radical (unpaired) electrons. The third-order valence-electron chi connectivity index (χ3n) is 5.26. The molecular weight excluding hydrogens is 380 g/mol. The van der Waals surface area contributed by atoms with E-state index in [1.165, 1.54) is 5.56 Å². The molecule has 0 saturated carbocycles. The fourth-order valence-corrected chi connectivity index (χ4v) is 3.48. The number of hydrogen-bond donors (Lipinski definition) is 1. The van der Waals surface area contributed by atoms with E-state index in [9.17, 15) is 9.59 Å². The van der Waals surface area contributed by atoms with Gasteiger partial charge in [-0.1, -0.05) is 29.8 Å². The van der Waals surface area contributed by atoms with Crippen molar-refractivity contribution in [2.24, 2.45) is 0 Å². The third-order valence-corrected chi connectivity index (χ3v) is 5.26. The molecule has 0 atom stereocenters. The van der Waals surface area contributed by atoms with E-state index >= 15 is 0 Å². The zero-order chi connectivity index (χ0) is 21.5. The van der Waals surface area contributed by atoms with Gasteiger partial charge in [0.05, 0.1) is 14.2 Å². The average Bonchev–Trinajstić information content (AvgIpc) is 2.78. The fraction of sp³-hybridized carbons (Fsp3) is 0.333. The van der Waals surface area contributed by atoms with Gasteiger partial charge in [-0.25, -0.2) is 0 Å². The van der Waals surface area contributed by atoms with Crippen LogP contribution in [0.1, 0.15) is 34.3 Å². The summed E-state index contributed by atoms with van der Waals surface area (Å²) in [6.07, 6.45) is 4.82. The molecule has 0 bridgehead atoms. The van der Waals surface area contributed by atoms with Crippen LogP contribution in [0.2, 0.25) is 0 Å². The summed E-state index contributed by atoms with van der Waals surface area (Å²) >= 11 is 0. The van der Waals surface area contributed by atoms with Crippen LogP contribution in [0.5, 0.6) is 11.5 Å². The van der Waals surface area contributed by atoms with Gasteiger partial charge in [0.15, 0.2) is 11.5 Å². The van der Waals surface area contributed by atoms with Gasteiger partial charge in [0, 0.05) is 30.8 Å². The average molecular weight is 408 g/mol. The first-order chi connectivity index (χ1) is 14.5. The number of likely N-dealkylation sites (tertiary alicyclic amines) is 1. The zero-order valence-electron chi connectivity index (χ0n) is 17.7. The normalized spacial score (nSPS) is 14.6. The lowest BCUT2D eigenvalue weighted by Crippen LogP contribution is -2.46. The third kappa shape index (κ3) is 5.41. The molecule has 2 aromatic rings. The van der Waals surface area contributed by atoms with Crippen molar-refractivity contribution in [1.29, 1.82) is 0 Å². The van der Waals surface area contributed by atoms with E-state index in [1.807, 2.05) is 42.2 Å². The molecule has 1 heterocycles. The number of rotatable bonds is 6. The molecule has 6 nitrogen and oxygen atoms in total. The van der Waals surface area contributed by atoms with E-state index in [0.29, 0.717) is 30.2 Å². The van der Waals surface area contributed by atoms with Crippen LogP contribution in [-0.4, -0.2) is 50.1 Å². The van der Waals surface area contributed by atoms with Crippen molar-refractivity contribution >= 4 is 17.9 Å². The smallest absolute Gasteiger partial charge is 0.253 e. The molecule has 158 valence electrons. The van der Waals surface area contributed by atoms with Crippen LogP contribution in [0.15, 0.2) is 48.5 Å². The maximum atomic E-state index is 12.8. The van der Waals surface area contributed by atoms with Crippen LogP contribution < -0.4 is 14.8 Å². The topological polar surface area (TPSA) is 67.9 Å². The van der Waals surface area contributed by atoms with Gasteiger partial charge in [0.1, 0.15) is 0 Å². The molecule has 6 heteroatoms. The van der Waals surface area contributed by atoms with E-state index in [4.69, 9.17) is 9.47 Å². The number of ether oxygens (including phenoxy) is 2. The fourth-order valence-electron chi connectivity index (χ4n) is 3.48. The predicted molar refractivity (Wildman–Crippen MR) is 117 cm³/mol. The molecule has 30 heavy (non-hydrogen) atoms. The molecule has 0 unspecified atom stereocenters. The van der Waals surface area contributed by atoms with Crippen molar-refractivity contribution in [2.75, 3.05) is 27.3 Å². The summed E-state index contributed by atoms with van der Waals surface area (Å²) in [7, 11) is 3.11. The Morgan fingerprint density at radius 2 is 1.67 bits per heavy atom. The first kappa shape index (κ1) is 21.4. The SMILES string of the molecule is COc1ccc(C(=O)N2CCC(NC(=O)/C=C/c3ccc(C)cc3)CC2)cc1OC. The number of amides is 2. The highest BCUT2D eigenvalue weighted by Gasteiger charge is 2.25. The Labute approximate surface area is 177 Å². The van der Waals surface area contributed by atoms with Crippen molar-refractivity contribution in [1.82, 2.24) is 10.2 Å². The molecule has 1 aliphatic rings. The van der Waals surface area contributed by atoms with Crippen molar-refractivity contribution in [2.45, 2.75) is 25.8 Å². The van der Waals surface area contributed by atoms with Crippen LogP contribution in [0.3, 0.4) is 0 Å². The summed E-state index contributed by atoms with van der Waals surface area (Å²) in [6, 6.07) is 13.2. The van der Waals surface area contributed by atoms with Crippen LogP contribution in [0, 0.1) is 6.92 Å². The van der Waals surface area contributed by atoms with Crippen molar-refractivity contribution < 1.29 is 19.1 Å². The quantitative estimate of drug-likeness (QED) is 0.744. The maximum Gasteiger partial charge on any atom is 0.253 e. The predicted octanol–water partition coefficient (Wildman–Crippen LogP) is 3.45. The molecule has 3 rings (SSSR count). The number of nitrogens with zero attached hydrogens (tertiary/aromatic N) is 1. The Morgan fingerprint density at radius 1 is 1.00 bits per heavy atom. The maximum absolute atomic E-state index is 12.8. The lowest BCUT2D eigenvalue weighted by Gasteiger charge is -2.32. The molecule has 1 fully saturated rings. The Kier molecular flexibility index (Phi) is 7.12. The number of methoxy groups -OCH3 is 2. The van der Waals surface area contributed by atoms with Crippen LogP contribution in [0.4, 0.5) is 0 Å². The van der Waals surface area contributed by atoms with Gasteiger partial charge in [-0.3, -0.25) is 9.59 Å². The summed E-state index contributed by atoms with van der Waals surface area (Å²) in [5.41, 5.74) is 2.74. The number of carbonyl (C=O) groups is 2. The van der Waals surface area contributed by atoms with E-state index < -0.39 is 0 Å². The summed E-state index contributed by atoms with van der Waals surface area (Å²) < 4.78 is 10.5. The van der Waals surface area contributed by atoms with Crippen LogP contribution in [0.25, 0.3) is 6.08 Å². The molecule has 2 aromatic carbocycles. The van der Waals surface area contributed by atoms with Gasteiger partial charge in [0.25, 0.3) is 5.91 Å². The van der Waals surface area contributed by atoms with Gasteiger partial charge in [-0.2, -0.15) is 0 Å². The first-order valence-electron chi connectivity index (χ1n) is 10.1. The van der Waals surface area contributed by atoms with Crippen LogP contribution in [-0.2, 0) is 4.79 Å². The minimum atomic E-state index is -0.111. The summed E-state index contributed by atoms with van der Waals surface area (Å²) in [5.74, 6) is 0.972. The number of hydrogen-bond acceptors (Lipinski definition) is 4. The van der Waals surface area contributed by atoms with Crippen molar-refractivity contribution in [3.63, 3.8) is 0 Å². The summed E-state index contributed by atoms with van der Waals surface area (Å²) in [5, 5.41) is 3.03. The monoisotopic (exact) mass is 408 g/mol. The number of aryl methyl sites for hydroxylation is 1. The molecule has 0 aromatic heterocycles.